The lowest BCUT2D eigenvalue weighted by Crippen LogP contribution is -2.37. The number of para-hydroxylation sites is 1. The van der Waals surface area contributed by atoms with Crippen LogP contribution in [0.25, 0.3) is 11.0 Å². The fourth-order valence-corrected chi connectivity index (χ4v) is 4.32. The van der Waals surface area contributed by atoms with Crippen LogP contribution in [0.4, 0.5) is 21.9 Å². The number of hydrogen-bond donors (Lipinski definition) is 2. The van der Waals surface area contributed by atoms with Crippen LogP contribution < -0.4 is 21.2 Å². The van der Waals surface area contributed by atoms with Crippen LogP contribution >= 0.6 is 0 Å². The molecule has 1 fully saturated rings. The van der Waals surface area contributed by atoms with Crippen molar-refractivity contribution in [1.29, 1.82) is 0 Å². The van der Waals surface area contributed by atoms with Gasteiger partial charge in [-0.05, 0) is 44.0 Å². The summed E-state index contributed by atoms with van der Waals surface area (Å²) in [6.45, 7) is 3.47. The first kappa shape index (κ1) is 22.4. The Balaban J connectivity index is 1.64. The summed E-state index contributed by atoms with van der Waals surface area (Å²) in [6, 6.07) is 12.6. The maximum atomic E-state index is 12.7. The summed E-state index contributed by atoms with van der Waals surface area (Å²) >= 11 is 0. The van der Waals surface area contributed by atoms with Crippen molar-refractivity contribution in [1.82, 2.24) is 9.13 Å². The Hall–Kier alpha value is -3.75. The zero-order chi connectivity index (χ0) is 23.5. The van der Waals surface area contributed by atoms with Crippen molar-refractivity contribution in [2.45, 2.75) is 19.8 Å². The van der Waals surface area contributed by atoms with E-state index in [-0.39, 0.29) is 23.6 Å². The molecule has 0 bridgehead atoms. The number of anilines is 3. The van der Waals surface area contributed by atoms with Crippen LogP contribution in [0, 0.1) is 5.92 Å². The molecule has 2 N–H and O–H groups in total. The summed E-state index contributed by atoms with van der Waals surface area (Å²) in [4.78, 5) is 39.5. The third-order valence-corrected chi connectivity index (χ3v) is 6.12. The molecule has 2 amide bonds. The Labute approximate surface area is 191 Å². The number of aromatic nitrogens is 2. The molecule has 9 nitrogen and oxygen atoms in total. The van der Waals surface area contributed by atoms with Gasteiger partial charge in [0, 0.05) is 32.9 Å². The van der Waals surface area contributed by atoms with Crippen molar-refractivity contribution in [2.24, 2.45) is 20.0 Å². The normalized spacial score (nSPS) is 14.3. The minimum Gasteiger partial charge on any atom is -0.466 e. The van der Waals surface area contributed by atoms with Crippen molar-refractivity contribution < 1.29 is 14.3 Å². The Kier molecular flexibility index (Phi) is 6.39. The number of benzene rings is 2. The third kappa shape index (κ3) is 4.57. The second kappa shape index (κ2) is 9.40. The van der Waals surface area contributed by atoms with E-state index in [2.05, 4.69) is 15.5 Å². The molecule has 33 heavy (non-hydrogen) atoms. The predicted molar refractivity (Wildman–Crippen MR) is 129 cm³/mol. The average Bonchev–Trinajstić information content (AvgIpc) is 3.03. The molecule has 1 saturated heterocycles. The molecule has 1 aliphatic heterocycles. The van der Waals surface area contributed by atoms with Gasteiger partial charge in [0.15, 0.2) is 0 Å². The number of urea groups is 1. The molecule has 1 aliphatic rings. The number of nitrogens with one attached hydrogen (secondary N) is 2. The number of piperidine rings is 1. The molecule has 0 unspecified atom stereocenters. The fraction of sp³-hybridized carbons (Fsp3) is 0.375. The lowest BCUT2D eigenvalue weighted by Gasteiger charge is -2.34. The number of hydrogen-bond acceptors (Lipinski definition) is 5. The number of aryl methyl sites for hydroxylation is 2. The van der Waals surface area contributed by atoms with Gasteiger partial charge in [0.25, 0.3) is 0 Å². The van der Waals surface area contributed by atoms with Crippen LogP contribution in [0.3, 0.4) is 0 Å². The van der Waals surface area contributed by atoms with E-state index >= 15 is 0 Å². The van der Waals surface area contributed by atoms with Gasteiger partial charge in [-0.2, -0.15) is 0 Å². The van der Waals surface area contributed by atoms with Gasteiger partial charge in [-0.3, -0.25) is 13.9 Å². The zero-order valence-electron chi connectivity index (χ0n) is 19.1. The van der Waals surface area contributed by atoms with E-state index in [0.29, 0.717) is 43.9 Å². The summed E-state index contributed by atoms with van der Waals surface area (Å²) in [5.74, 6) is -0.276. The highest BCUT2D eigenvalue weighted by molar-refractivity contribution is 6.04. The van der Waals surface area contributed by atoms with E-state index in [1.807, 2.05) is 49.4 Å². The highest BCUT2D eigenvalue weighted by Gasteiger charge is 2.28. The summed E-state index contributed by atoms with van der Waals surface area (Å²) in [5, 5.41) is 5.78. The molecular weight excluding hydrogens is 422 g/mol. The number of rotatable bonds is 5. The van der Waals surface area contributed by atoms with E-state index in [1.165, 1.54) is 0 Å². The van der Waals surface area contributed by atoms with Crippen molar-refractivity contribution in [3.8, 4) is 0 Å². The molecule has 174 valence electrons. The lowest BCUT2D eigenvalue weighted by atomic mass is 9.96. The smallest absolute Gasteiger partial charge is 0.328 e. The van der Waals surface area contributed by atoms with Crippen LogP contribution in [0.15, 0.2) is 47.3 Å². The summed E-state index contributed by atoms with van der Waals surface area (Å²) in [6.07, 6.45) is 1.33. The maximum Gasteiger partial charge on any atom is 0.328 e. The first-order chi connectivity index (χ1) is 15.9. The summed E-state index contributed by atoms with van der Waals surface area (Å²) in [5.41, 5.74) is 3.46. The molecule has 0 radical (unpaired) electrons. The van der Waals surface area contributed by atoms with Gasteiger partial charge in [-0.15, -0.1) is 0 Å². The van der Waals surface area contributed by atoms with Gasteiger partial charge in [0.05, 0.1) is 34.9 Å². The van der Waals surface area contributed by atoms with Gasteiger partial charge in [0.2, 0.25) is 0 Å². The van der Waals surface area contributed by atoms with Crippen molar-refractivity contribution >= 4 is 40.1 Å². The number of nitrogens with zero attached hydrogens (tertiary/aromatic N) is 3. The first-order valence-corrected chi connectivity index (χ1v) is 11.1. The maximum absolute atomic E-state index is 12.7. The molecule has 2 aromatic carbocycles. The molecular formula is C24H29N5O4. The topological polar surface area (TPSA) is 97.6 Å². The monoisotopic (exact) mass is 451 g/mol. The van der Waals surface area contributed by atoms with Gasteiger partial charge >= 0.3 is 17.7 Å². The number of fused-ring (bicyclic) bond motifs is 1. The molecule has 0 aliphatic carbocycles. The number of carbonyl (C=O) groups excluding carboxylic acids is 2. The number of esters is 1. The van der Waals surface area contributed by atoms with Crippen LogP contribution in [-0.2, 0) is 23.6 Å². The quantitative estimate of drug-likeness (QED) is 0.580. The van der Waals surface area contributed by atoms with Gasteiger partial charge < -0.3 is 20.3 Å². The molecule has 3 aromatic rings. The Morgan fingerprint density at radius 2 is 1.64 bits per heavy atom. The van der Waals surface area contributed by atoms with Gasteiger partial charge in [0.1, 0.15) is 0 Å². The van der Waals surface area contributed by atoms with Crippen LogP contribution in [0.1, 0.15) is 19.8 Å². The molecule has 0 saturated carbocycles. The lowest BCUT2D eigenvalue weighted by molar-refractivity contribution is -0.148. The Bertz CT molecular complexity index is 1220. The molecule has 4 rings (SSSR count). The largest absolute Gasteiger partial charge is 0.466 e. The zero-order valence-corrected chi connectivity index (χ0v) is 19.1. The van der Waals surface area contributed by atoms with Crippen molar-refractivity contribution in [3.63, 3.8) is 0 Å². The number of carbonyl (C=O) groups is 2. The highest BCUT2D eigenvalue weighted by Crippen LogP contribution is 2.34. The van der Waals surface area contributed by atoms with Crippen LogP contribution in [0.5, 0.6) is 0 Å². The third-order valence-electron chi connectivity index (χ3n) is 6.12. The van der Waals surface area contributed by atoms with Crippen LogP contribution in [0.2, 0.25) is 0 Å². The summed E-state index contributed by atoms with van der Waals surface area (Å²) in [7, 11) is 3.44. The molecule has 9 heteroatoms. The van der Waals surface area contributed by atoms with Crippen LogP contribution in [-0.4, -0.2) is 40.8 Å². The Morgan fingerprint density at radius 1 is 1.00 bits per heavy atom. The van der Waals surface area contributed by atoms with Crippen molar-refractivity contribution in [3.05, 3.63) is 52.9 Å². The standard InChI is InChI=1S/C24H29N5O4/c1-4-33-22(30)16-10-12-29(13-11-16)19-15-21-20(27(2)24(32)28(21)3)14-18(19)26-23(31)25-17-8-6-5-7-9-17/h5-9,14-16H,4,10-13H2,1-3H3,(H2,25,26,31). The number of imidazole rings is 1. The first-order valence-electron chi connectivity index (χ1n) is 11.1. The predicted octanol–water partition coefficient (Wildman–Crippen LogP) is 3.30. The van der Waals surface area contributed by atoms with E-state index in [0.717, 1.165) is 16.7 Å². The average molecular weight is 452 g/mol. The number of ether oxygens (including phenoxy) is 1. The summed E-state index contributed by atoms with van der Waals surface area (Å²) < 4.78 is 8.34. The minimum absolute atomic E-state index is 0.121. The van der Waals surface area contributed by atoms with Crippen molar-refractivity contribution in [2.75, 3.05) is 35.2 Å². The van der Waals surface area contributed by atoms with Gasteiger partial charge in [-0.1, -0.05) is 18.2 Å². The van der Waals surface area contributed by atoms with E-state index in [9.17, 15) is 14.4 Å². The van der Waals surface area contributed by atoms with E-state index in [4.69, 9.17) is 4.74 Å². The second-order valence-corrected chi connectivity index (χ2v) is 8.22. The fourth-order valence-electron chi connectivity index (χ4n) is 4.32. The minimum atomic E-state index is -0.371. The van der Waals surface area contributed by atoms with Gasteiger partial charge in [-0.25, -0.2) is 9.59 Å². The molecule has 2 heterocycles. The highest BCUT2D eigenvalue weighted by atomic mass is 16.5. The SMILES string of the molecule is CCOC(=O)C1CCN(c2cc3c(cc2NC(=O)Nc2ccccc2)n(C)c(=O)n3C)CC1. The molecule has 0 spiro atoms. The molecule has 0 atom stereocenters. The number of amides is 2. The second-order valence-electron chi connectivity index (χ2n) is 8.22. The van der Waals surface area contributed by atoms with E-state index < -0.39 is 0 Å². The Morgan fingerprint density at radius 3 is 2.27 bits per heavy atom. The molecule has 1 aromatic heterocycles. The van der Waals surface area contributed by atoms with E-state index in [1.54, 1.807) is 23.2 Å².